The Labute approximate surface area is 200 Å². The van der Waals surface area contributed by atoms with Gasteiger partial charge in [0, 0.05) is 37.5 Å². The summed E-state index contributed by atoms with van der Waals surface area (Å²) in [5.74, 6) is -0.883. The third-order valence-corrected chi connectivity index (χ3v) is 6.74. The molecule has 7 nitrogen and oxygen atoms in total. The van der Waals surface area contributed by atoms with Crippen LogP contribution in [0.5, 0.6) is 0 Å². The number of halogens is 4. The van der Waals surface area contributed by atoms with Crippen LogP contribution in [-0.2, 0) is 19.6 Å². The van der Waals surface area contributed by atoms with Gasteiger partial charge in [0.2, 0.25) is 0 Å². The van der Waals surface area contributed by atoms with Gasteiger partial charge >= 0.3 is 6.18 Å². The zero-order valence-electron chi connectivity index (χ0n) is 17.9. The maximum Gasteiger partial charge on any atom is 0.417 e. The Balaban J connectivity index is 1.44. The van der Waals surface area contributed by atoms with Gasteiger partial charge in [0.15, 0.2) is 11.6 Å². The van der Waals surface area contributed by atoms with E-state index in [9.17, 15) is 22.8 Å². The number of alkyl halides is 3. The Bertz CT molecular complexity index is 1400. The average molecular weight is 508 g/mol. The topological polar surface area (TPSA) is 90.6 Å². The summed E-state index contributed by atoms with van der Waals surface area (Å²) in [5, 5.41) is 0.0395. The molecule has 0 fully saturated rings. The monoisotopic (exact) mass is 507 g/mol. The zero-order chi connectivity index (χ0) is 24.6. The van der Waals surface area contributed by atoms with Gasteiger partial charge in [-0.1, -0.05) is 18.5 Å². The van der Waals surface area contributed by atoms with Gasteiger partial charge in [-0.2, -0.15) is 13.2 Å². The van der Waals surface area contributed by atoms with E-state index in [-0.39, 0.29) is 35.1 Å². The molecule has 0 aliphatic rings. The van der Waals surface area contributed by atoms with Gasteiger partial charge in [0.25, 0.3) is 0 Å². The summed E-state index contributed by atoms with van der Waals surface area (Å²) < 4.78 is 40.9. The van der Waals surface area contributed by atoms with Crippen molar-refractivity contribution >= 4 is 45.5 Å². The van der Waals surface area contributed by atoms with E-state index in [1.165, 1.54) is 6.20 Å². The highest BCUT2D eigenvalue weighted by atomic mass is 35.5. The highest BCUT2D eigenvalue weighted by Gasteiger charge is 2.34. The second-order valence-corrected chi connectivity index (χ2v) is 9.23. The Morgan fingerprint density at radius 3 is 2.59 bits per heavy atom. The Morgan fingerprint density at radius 1 is 1.09 bits per heavy atom. The molecule has 0 aliphatic carbocycles. The predicted molar refractivity (Wildman–Crippen MR) is 120 cm³/mol. The molecule has 0 N–H and O–H groups in total. The number of rotatable bonds is 7. The maximum absolute atomic E-state index is 13.0. The number of carbonyl (C=O) groups is 2. The molecule has 0 spiro atoms. The molecule has 4 aromatic rings. The number of fused-ring (bicyclic) bond motifs is 1. The van der Waals surface area contributed by atoms with Crippen molar-refractivity contribution in [3.8, 4) is 0 Å². The molecule has 1 unspecified atom stereocenters. The molecule has 12 heteroatoms. The van der Waals surface area contributed by atoms with Crippen LogP contribution in [0.4, 0.5) is 13.2 Å². The fourth-order valence-corrected chi connectivity index (χ4v) is 4.46. The molecule has 1 atom stereocenters. The highest BCUT2D eigenvalue weighted by molar-refractivity contribution is 7.13. The third kappa shape index (κ3) is 5.00. The zero-order valence-corrected chi connectivity index (χ0v) is 19.5. The van der Waals surface area contributed by atoms with Gasteiger partial charge in [-0.15, -0.1) is 11.3 Å². The number of Topliss-reactive ketones (excluding diaryl/α,β-unsaturated/α-hetero) is 2. The van der Waals surface area contributed by atoms with Crippen LogP contribution in [0.15, 0.2) is 37.1 Å². The number of hydrogen-bond donors (Lipinski definition) is 0. The molecule has 4 rings (SSSR count). The molecule has 4 heterocycles. The summed E-state index contributed by atoms with van der Waals surface area (Å²) >= 11 is 6.68. The number of aryl methyl sites for hydroxylation is 1. The second kappa shape index (κ2) is 9.22. The summed E-state index contributed by atoms with van der Waals surface area (Å²) in [6.45, 7) is 1.81. The minimum absolute atomic E-state index is 0.0449. The molecule has 0 radical (unpaired) electrons. The third-order valence-electron chi connectivity index (χ3n) is 5.17. The lowest BCUT2D eigenvalue weighted by Crippen LogP contribution is -2.10. The van der Waals surface area contributed by atoms with Crippen molar-refractivity contribution in [3.63, 3.8) is 0 Å². The minimum Gasteiger partial charge on any atom is -0.334 e. The summed E-state index contributed by atoms with van der Waals surface area (Å²) in [4.78, 5) is 42.0. The van der Waals surface area contributed by atoms with E-state index in [2.05, 4.69) is 19.9 Å². The van der Waals surface area contributed by atoms with Crippen molar-refractivity contribution in [1.29, 1.82) is 0 Å². The number of ketones is 2. The maximum atomic E-state index is 13.0. The fourth-order valence-electron chi connectivity index (χ4n) is 3.34. The normalized spacial score (nSPS) is 12.8. The van der Waals surface area contributed by atoms with Gasteiger partial charge in [-0.25, -0.2) is 9.97 Å². The molecular weight excluding hydrogens is 491 g/mol. The Hall–Kier alpha value is -3.18. The van der Waals surface area contributed by atoms with Gasteiger partial charge in [-0.3, -0.25) is 19.6 Å². The molecule has 0 aliphatic heterocycles. The standard InChI is InChI=1S/C22H17ClF3N5O2S/c1-11(3-18(32)15-6-17-16(8-28-15)30-10-31(17)2)21-29-9-20(34-21)19(33)5-12-4-13(22(24,25)26)14(23)7-27-12/h4,6-11H,3,5H2,1-2H3. The van der Waals surface area contributed by atoms with Gasteiger partial charge in [0.1, 0.15) is 11.2 Å². The van der Waals surface area contributed by atoms with Crippen LogP contribution in [0.2, 0.25) is 5.02 Å². The first-order chi connectivity index (χ1) is 16.0. The lowest BCUT2D eigenvalue weighted by atomic mass is 10.0. The van der Waals surface area contributed by atoms with Gasteiger partial charge in [-0.05, 0) is 12.1 Å². The van der Waals surface area contributed by atoms with E-state index < -0.39 is 22.5 Å². The van der Waals surface area contributed by atoms with Gasteiger partial charge in [0.05, 0.1) is 44.9 Å². The van der Waals surface area contributed by atoms with E-state index in [0.717, 1.165) is 29.1 Å². The molecule has 0 saturated carbocycles. The molecule has 0 bridgehead atoms. The predicted octanol–water partition coefficient (Wildman–Crippen LogP) is 5.29. The minimum atomic E-state index is -4.65. The van der Waals surface area contributed by atoms with E-state index >= 15 is 0 Å². The number of carbonyl (C=O) groups excluding carboxylic acids is 2. The van der Waals surface area contributed by atoms with Crippen LogP contribution >= 0.6 is 22.9 Å². The number of thiazole rings is 1. The number of aromatic nitrogens is 5. The van der Waals surface area contributed by atoms with Crippen LogP contribution in [0.1, 0.15) is 55.7 Å². The molecular formula is C22H17ClF3N5O2S. The van der Waals surface area contributed by atoms with Crippen molar-refractivity contribution in [3.05, 3.63) is 68.9 Å². The summed E-state index contributed by atoms with van der Waals surface area (Å²) in [7, 11) is 1.82. The number of hydrogen-bond acceptors (Lipinski definition) is 7. The van der Waals surface area contributed by atoms with Crippen LogP contribution in [0.25, 0.3) is 11.0 Å². The Kier molecular flexibility index (Phi) is 6.50. The molecule has 0 amide bonds. The van der Waals surface area contributed by atoms with Crippen LogP contribution in [0.3, 0.4) is 0 Å². The van der Waals surface area contributed by atoms with Crippen molar-refractivity contribution in [2.75, 3.05) is 0 Å². The van der Waals surface area contributed by atoms with Crippen molar-refractivity contribution < 1.29 is 22.8 Å². The smallest absolute Gasteiger partial charge is 0.334 e. The molecule has 34 heavy (non-hydrogen) atoms. The average Bonchev–Trinajstić information content (AvgIpc) is 3.41. The molecule has 0 aromatic carbocycles. The molecule has 176 valence electrons. The van der Waals surface area contributed by atoms with Crippen molar-refractivity contribution in [2.24, 2.45) is 7.05 Å². The summed E-state index contributed by atoms with van der Waals surface area (Å²) in [6, 6.07) is 2.46. The quantitative estimate of drug-likeness (QED) is 0.315. The first kappa shape index (κ1) is 24.0. The van der Waals surface area contributed by atoms with E-state index in [4.69, 9.17) is 11.6 Å². The lowest BCUT2D eigenvalue weighted by Gasteiger charge is -2.09. The van der Waals surface area contributed by atoms with Crippen molar-refractivity contribution in [1.82, 2.24) is 24.5 Å². The fraction of sp³-hybridized carbons (Fsp3) is 0.273. The van der Waals surface area contributed by atoms with E-state index in [1.54, 1.807) is 23.2 Å². The van der Waals surface area contributed by atoms with Crippen LogP contribution in [-0.4, -0.2) is 36.1 Å². The SMILES string of the molecule is CC(CC(=O)c1cc2c(cn1)ncn2C)c1ncc(C(=O)Cc2cc(C(F)(F)F)c(Cl)cn2)s1. The highest BCUT2D eigenvalue weighted by Crippen LogP contribution is 2.35. The van der Waals surface area contributed by atoms with Crippen LogP contribution < -0.4 is 0 Å². The first-order valence-electron chi connectivity index (χ1n) is 10.0. The second-order valence-electron chi connectivity index (χ2n) is 7.76. The number of imidazole rings is 1. The largest absolute Gasteiger partial charge is 0.417 e. The summed E-state index contributed by atoms with van der Waals surface area (Å²) in [6.07, 6.45) is 0.589. The number of pyridine rings is 2. The van der Waals surface area contributed by atoms with E-state index in [1.807, 2.05) is 14.0 Å². The van der Waals surface area contributed by atoms with Crippen molar-refractivity contribution in [2.45, 2.75) is 31.9 Å². The van der Waals surface area contributed by atoms with Gasteiger partial charge < -0.3 is 4.57 Å². The first-order valence-corrected chi connectivity index (χ1v) is 11.2. The Morgan fingerprint density at radius 2 is 1.85 bits per heavy atom. The number of nitrogens with zero attached hydrogens (tertiary/aromatic N) is 5. The molecule has 4 aromatic heterocycles. The van der Waals surface area contributed by atoms with Crippen LogP contribution in [0, 0.1) is 0 Å². The van der Waals surface area contributed by atoms with E-state index in [0.29, 0.717) is 16.2 Å². The lowest BCUT2D eigenvalue weighted by molar-refractivity contribution is -0.137. The summed E-state index contributed by atoms with van der Waals surface area (Å²) in [5.41, 5.74) is 0.703. The molecule has 0 saturated heterocycles.